The number of H-pyrrole nitrogens is 1. The Hall–Kier alpha value is -2.91. The van der Waals surface area contributed by atoms with Crippen molar-refractivity contribution in [3.63, 3.8) is 0 Å². The number of nitrogens with zero attached hydrogens (tertiary/aromatic N) is 4. The molecule has 12 heteroatoms. The topological polar surface area (TPSA) is 94.2 Å². The smallest absolute Gasteiger partial charge is 0.360 e. The van der Waals surface area contributed by atoms with Crippen LogP contribution in [0.5, 0.6) is 0 Å². The highest BCUT2D eigenvalue weighted by molar-refractivity contribution is 7.70. The summed E-state index contributed by atoms with van der Waals surface area (Å²) in [6.45, 7) is 6.23. The molecule has 1 fully saturated rings. The molecular formula is C26H32F3N6O2P. The van der Waals surface area contributed by atoms with Gasteiger partial charge in [-0.2, -0.15) is 13.2 Å². The van der Waals surface area contributed by atoms with E-state index >= 15 is 0 Å². The van der Waals surface area contributed by atoms with E-state index in [4.69, 9.17) is 0 Å². The predicted molar refractivity (Wildman–Crippen MR) is 143 cm³/mol. The number of fused-ring (bicyclic) bond motifs is 6. The number of benzene rings is 1. The minimum atomic E-state index is -4.68. The summed E-state index contributed by atoms with van der Waals surface area (Å²) in [5.41, 5.74) is -0.327. The third kappa shape index (κ3) is 5.18. The first-order chi connectivity index (χ1) is 17.9. The number of carbonyl (C=O) groups is 1. The Morgan fingerprint density at radius 2 is 1.82 bits per heavy atom. The monoisotopic (exact) mass is 548 g/mol. The molecule has 3 aliphatic rings. The Kier molecular flexibility index (Phi) is 7.02. The largest absolute Gasteiger partial charge is 0.419 e. The number of hydrogen-bond donors (Lipinski definition) is 2. The van der Waals surface area contributed by atoms with E-state index in [0.29, 0.717) is 28.3 Å². The van der Waals surface area contributed by atoms with E-state index < -0.39 is 18.9 Å². The minimum absolute atomic E-state index is 0.0136. The van der Waals surface area contributed by atoms with Crippen molar-refractivity contribution in [1.29, 1.82) is 0 Å². The van der Waals surface area contributed by atoms with Crippen molar-refractivity contribution in [3.8, 4) is 11.3 Å². The number of carbonyl (C=O) groups excluding carboxylic acids is 1. The van der Waals surface area contributed by atoms with Gasteiger partial charge in [-0.3, -0.25) is 4.79 Å². The Balaban J connectivity index is 1.72. The third-order valence-corrected chi connectivity index (χ3v) is 8.89. The standard InChI is InChI=1S/C26H32F3N6O2P/c1-34-10-4-5-11-35-12-6-7-16(15-35)32-25-31-14-20(26(27,28)29)21(33-25)19-13-30-22-17(19)8-9-18(24(34)36)23(22)38(2,3)37/h8-9,13-14,16,30H,4-7,10-12,15H2,1-3H3,(H,31,32,33)/t16-/m0/s1. The van der Waals surface area contributed by atoms with Gasteiger partial charge in [0.2, 0.25) is 5.95 Å². The number of alkyl halides is 3. The molecule has 1 amide bonds. The fourth-order valence-corrected chi connectivity index (χ4v) is 7.00. The van der Waals surface area contributed by atoms with E-state index in [1.54, 1.807) is 37.4 Å². The molecule has 2 N–H and O–H groups in total. The highest BCUT2D eigenvalue weighted by atomic mass is 31.2. The van der Waals surface area contributed by atoms with Crippen LogP contribution in [0.2, 0.25) is 0 Å². The number of halogens is 3. The highest BCUT2D eigenvalue weighted by Crippen LogP contribution is 2.43. The maximum atomic E-state index is 14.1. The van der Waals surface area contributed by atoms with Crippen molar-refractivity contribution in [1.82, 2.24) is 24.8 Å². The Morgan fingerprint density at radius 3 is 2.55 bits per heavy atom. The van der Waals surface area contributed by atoms with E-state index in [-0.39, 0.29) is 29.2 Å². The van der Waals surface area contributed by atoms with Crippen molar-refractivity contribution >= 4 is 35.2 Å². The van der Waals surface area contributed by atoms with Gasteiger partial charge in [-0.25, -0.2) is 9.97 Å². The summed E-state index contributed by atoms with van der Waals surface area (Å²) in [6, 6.07) is 3.19. The van der Waals surface area contributed by atoms with Crippen molar-refractivity contribution < 1.29 is 22.5 Å². The molecule has 0 spiro atoms. The minimum Gasteiger partial charge on any atom is -0.360 e. The lowest BCUT2D eigenvalue weighted by Crippen LogP contribution is -2.43. The molecule has 8 bridgehead atoms. The summed E-state index contributed by atoms with van der Waals surface area (Å²) in [6.07, 6.45) is 1.14. The lowest BCUT2D eigenvalue weighted by atomic mass is 10.0. The molecule has 3 aliphatic heterocycles. The zero-order chi connectivity index (χ0) is 27.2. The van der Waals surface area contributed by atoms with Gasteiger partial charge in [0, 0.05) is 54.8 Å². The fraction of sp³-hybridized carbons (Fsp3) is 0.500. The Labute approximate surface area is 219 Å². The van der Waals surface area contributed by atoms with Gasteiger partial charge in [0.25, 0.3) is 5.91 Å². The number of rotatable bonds is 1. The van der Waals surface area contributed by atoms with E-state index in [9.17, 15) is 22.5 Å². The predicted octanol–water partition coefficient (Wildman–Crippen LogP) is 4.63. The summed E-state index contributed by atoms with van der Waals surface area (Å²) in [7, 11) is -1.30. The molecule has 2 aromatic heterocycles. The second-order valence-corrected chi connectivity index (χ2v) is 13.8. The van der Waals surface area contributed by atoms with Crippen molar-refractivity contribution in [2.75, 3.05) is 51.9 Å². The van der Waals surface area contributed by atoms with Crippen LogP contribution in [-0.4, -0.2) is 83.3 Å². The molecule has 1 unspecified atom stereocenters. The molecule has 38 heavy (non-hydrogen) atoms. The van der Waals surface area contributed by atoms with Gasteiger partial charge in [-0.05, 0) is 58.2 Å². The van der Waals surface area contributed by atoms with Crippen molar-refractivity contribution in [2.45, 2.75) is 37.9 Å². The maximum absolute atomic E-state index is 14.1. The van der Waals surface area contributed by atoms with Crippen LogP contribution in [0.3, 0.4) is 0 Å². The molecule has 6 rings (SSSR count). The van der Waals surface area contributed by atoms with Crippen LogP contribution in [-0.2, 0) is 10.7 Å². The Bertz CT molecular complexity index is 1420. The van der Waals surface area contributed by atoms with E-state index in [1.165, 1.54) is 6.20 Å². The van der Waals surface area contributed by atoms with Gasteiger partial charge < -0.3 is 24.7 Å². The van der Waals surface area contributed by atoms with Crippen molar-refractivity contribution in [2.24, 2.45) is 0 Å². The highest BCUT2D eigenvalue weighted by Gasteiger charge is 2.37. The molecule has 2 atom stereocenters. The molecule has 1 aromatic carbocycles. The van der Waals surface area contributed by atoms with Crippen LogP contribution in [0.15, 0.2) is 24.5 Å². The third-order valence-electron chi connectivity index (χ3n) is 7.35. The summed E-state index contributed by atoms with van der Waals surface area (Å²) in [4.78, 5) is 28.8. The zero-order valence-corrected chi connectivity index (χ0v) is 22.6. The first-order valence-corrected chi connectivity index (χ1v) is 15.4. The Morgan fingerprint density at radius 1 is 1.08 bits per heavy atom. The zero-order valence-electron chi connectivity index (χ0n) is 21.7. The number of nitrogens with one attached hydrogen (secondary N) is 2. The SMILES string of the molecule is CN1CCCCN2CCC[C@@H](C2)Nc2ncc(C(F)(F)F)c(n2)-c2c[nH]c3c(P(C)(C)=O)c(ccc23)C1=O. The summed E-state index contributed by atoms with van der Waals surface area (Å²) >= 11 is 0. The molecule has 204 valence electrons. The number of piperidine rings is 1. The second-order valence-electron chi connectivity index (χ2n) is 10.6. The summed E-state index contributed by atoms with van der Waals surface area (Å²) in [5, 5.41) is 4.01. The normalized spacial score (nSPS) is 21.4. The second kappa shape index (κ2) is 10.0. The first-order valence-electron chi connectivity index (χ1n) is 12.8. The van der Waals surface area contributed by atoms with Gasteiger partial charge in [-0.1, -0.05) is 6.07 Å². The van der Waals surface area contributed by atoms with E-state index in [1.807, 2.05) is 0 Å². The van der Waals surface area contributed by atoms with Crippen LogP contribution >= 0.6 is 7.14 Å². The van der Waals surface area contributed by atoms with Crippen LogP contribution < -0.4 is 10.6 Å². The number of anilines is 1. The van der Waals surface area contributed by atoms with E-state index in [0.717, 1.165) is 51.5 Å². The molecule has 0 aliphatic carbocycles. The van der Waals surface area contributed by atoms with E-state index in [2.05, 4.69) is 25.2 Å². The quantitative estimate of drug-likeness (QED) is 0.431. The van der Waals surface area contributed by atoms with Gasteiger partial charge in [0.1, 0.15) is 12.7 Å². The fourth-order valence-electron chi connectivity index (χ4n) is 5.53. The van der Waals surface area contributed by atoms with Crippen LogP contribution in [0.1, 0.15) is 41.6 Å². The first kappa shape index (κ1) is 26.7. The lowest BCUT2D eigenvalue weighted by Gasteiger charge is -2.33. The van der Waals surface area contributed by atoms with Crippen molar-refractivity contribution in [3.05, 3.63) is 35.7 Å². The number of aromatic amines is 1. The molecule has 3 aromatic rings. The average Bonchev–Trinajstić information content (AvgIpc) is 3.28. The van der Waals surface area contributed by atoms with Gasteiger partial charge in [-0.15, -0.1) is 0 Å². The van der Waals surface area contributed by atoms with Gasteiger partial charge in [0.05, 0.1) is 16.8 Å². The van der Waals surface area contributed by atoms with Gasteiger partial charge >= 0.3 is 6.18 Å². The maximum Gasteiger partial charge on any atom is 0.419 e. The molecule has 5 heterocycles. The number of aromatic nitrogens is 3. The lowest BCUT2D eigenvalue weighted by molar-refractivity contribution is -0.137. The van der Waals surface area contributed by atoms with Gasteiger partial charge in [0.15, 0.2) is 0 Å². The average molecular weight is 549 g/mol. The number of amides is 1. The number of hydrogen-bond acceptors (Lipinski definition) is 6. The molecule has 0 radical (unpaired) electrons. The molecule has 8 nitrogen and oxygen atoms in total. The molecule has 1 saturated heterocycles. The summed E-state index contributed by atoms with van der Waals surface area (Å²) < 4.78 is 55.7. The van der Waals surface area contributed by atoms with Crippen LogP contribution in [0, 0.1) is 0 Å². The van der Waals surface area contributed by atoms with Crippen LogP contribution in [0.25, 0.3) is 22.2 Å². The molecule has 0 saturated carbocycles. The molecular weight excluding hydrogens is 516 g/mol. The van der Waals surface area contributed by atoms with Crippen LogP contribution in [0.4, 0.5) is 19.1 Å². The summed E-state index contributed by atoms with van der Waals surface area (Å²) in [5.74, 6) is -0.119.